The molecule has 98 valence electrons. The summed E-state index contributed by atoms with van der Waals surface area (Å²) < 4.78 is 5.49. The molecule has 2 rings (SSSR count). The second kappa shape index (κ2) is 7.39. The number of hydrogen-bond acceptors (Lipinski definition) is 2. The predicted molar refractivity (Wildman–Crippen MR) is 78.0 cm³/mol. The van der Waals surface area contributed by atoms with Gasteiger partial charge in [-0.2, -0.15) is 0 Å². The second-order valence-electron chi connectivity index (χ2n) is 4.33. The molecule has 0 aliphatic rings. The molecule has 2 nitrogen and oxygen atoms in total. The summed E-state index contributed by atoms with van der Waals surface area (Å²) in [4.78, 5) is 0. The lowest BCUT2D eigenvalue weighted by Gasteiger charge is -2.10. The number of aliphatic hydroxyl groups excluding tert-OH is 1. The van der Waals surface area contributed by atoms with Gasteiger partial charge in [0.1, 0.15) is 12.4 Å². The first-order chi connectivity index (χ1) is 9.34. The molecule has 2 heteroatoms. The Morgan fingerprint density at radius 1 is 0.947 bits per heavy atom. The van der Waals surface area contributed by atoms with Crippen LogP contribution in [-0.4, -0.2) is 17.8 Å². The van der Waals surface area contributed by atoms with Crippen LogP contribution in [0.25, 0.3) is 6.08 Å². The Bertz CT molecular complexity index is 491. The van der Waals surface area contributed by atoms with Crippen LogP contribution in [0.3, 0.4) is 0 Å². The van der Waals surface area contributed by atoms with Crippen molar-refractivity contribution >= 4 is 6.08 Å². The maximum atomic E-state index is 9.81. The highest BCUT2D eigenvalue weighted by Gasteiger charge is 2.02. The third-order valence-electron chi connectivity index (χ3n) is 2.70. The summed E-state index contributed by atoms with van der Waals surface area (Å²) in [6.07, 6.45) is 4.07. The van der Waals surface area contributed by atoms with Gasteiger partial charge in [0, 0.05) is 0 Å². The Morgan fingerprint density at radius 2 is 1.58 bits per heavy atom. The largest absolute Gasteiger partial charge is 0.491 e. The number of benzene rings is 2. The van der Waals surface area contributed by atoms with E-state index in [0.29, 0.717) is 13.0 Å². The summed E-state index contributed by atoms with van der Waals surface area (Å²) in [6, 6.07) is 19.6. The van der Waals surface area contributed by atoms with Crippen molar-refractivity contribution in [3.63, 3.8) is 0 Å². The summed E-state index contributed by atoms with van der Waals surface area (Å²) in [6.45, 7) is 0.309. The van der Waals surface area contributed by atoms with E-state index in [2.05, 4.69) is 0 Å². The first-order valence-corrected chi connectivity index (χ1v) is 6.42. The summed E-state index contributed by atoms with van der Waals surface area (Å²) in [7, 11) is 0. The van der Waals surface area contributed by atoms with Crippen LogP contribution in [0.2, 0.25) is 0 Å². The molecule has 1 unspecified atom stereocenters. The van der Waals surface area contributed by atoms with Crippen molar-refractivity contribution < 1.29 is 9.84 Å². The summed E-state index contributed by atoms with van der Waals surface area (Å²) in [5.41, 5.74) is 1.14. The molecule has 0 heterocycles. The monoisotopic (exact) mass is 254 g/mol. The van der Waals surface area contributed by atoms with Gasteiger partial charge in [0.15, 0.2) is 0 Å². The van der Waals surface area contributed by atoms with E-state index < -0.39 is 6.10 Å². The lowest BCUT2D eigenvalue weighted by atomic mass is 10.2. The van der Waals surface area contributed by atoms with E-state index in [1.807, 2.05) is 72.8 Å². The van der Waals surface area contributed by atoms with Gasteiger partial charge in [0.2, 0.25) is 0 Å². The van der Waals surface area contributed by atoms with Crippen molar-refractivity contribution in [1.29, 1.82) is 0 Å². The van der Waals surface area contributed by atoms with Gasteiger partial charge in [-0.15, -0.1) is 0 Å². The van der Waals surface area contributed by atoms with Crippen LogP contribution in [0.5, 0.6) is 5.75 Å². The predicted octanol–water partition coefficient (Wildman–Crippen LogP) is 3.53. The third-order valence-corrected chi connectivity index (χ3v) is 2.70. The molecule has 0 aliphatic carbocycles. The second-order valence-corrected chi connectivity index (χ2v) is 4.33. The number of hydrogen-bond donors (Lipinski definition) is 1. The van der Waals surface area contributed by atoms with E-state index in [1.54, 1.807) is 0 Å². The number of rotatable bonds is 6. The average molecular weight is 254 g/mol. The van der Waals surface area contributed by atoms with E-state index in [1.165, 1.54) is 0 Å². The fraction of sp³-hybridized carbons (Fsp3) is 0.176. The zero-order valence-corrected chi connectivity index (χ0v) is 10.8. The van der Waals surface area contributed by atoms with Crippen LogP contribution < -0.4 is 4.74 Å². The highest BCUT2D eigenvalue weighted by Crippen LogP contribution is 2.09. The highest BCUT2D eigenvalue weighted by atomic mass is 16.5. The van der Waals surface area contributed by atoms with Crippen molar-refractivity contribution in [3.8, 4) is 5.75 Å². The molecule has 1 N–H and O–H groups in total. The maximum absolute atomic E-state index is 9.81. The Kier molecular flexibility index (Phi) is 5.20. The Labute approximate surface area is 114 Å². The minimum absolute atomic E-state index is 0.309. The number of para-hydroxylation sites is 1. The van der Waals surface area contributed by atoms with Gasteiger partial charge >= 0.3 is 0 Å². The van der Waals surface area contributed by atoms with E-state index in [0.717, 1.165) is 11.3 Å². The van der Waals surface area contributed by atoms with E-state index >= 15 is 0 Å². The van der Waals surface area contributed by atoms with Gasteiger partial charge < -0.3 is 9.84 Å². The molecule has 0 saturated carbocycles. The normalized spacial score (nSPS) is 12.5. The molecule has 0 amide bonds. The number of aliphatic hydroxyl groups is 1. The van der Waals surface area contributed by atoms with Crippen molar-refractivity contribution in [1.82, 2.24) is 0 Å². The molecule has 0 aromatic heterocycles. The molecular formula is C17H18O2. The number of ether oxygens (including phenoxy) is 1. The van der Waals surface area contributed by atoms with Crippen LogP contribution in [0.15, 0.2) is 66.7 Å². The molecule has 0 aliphatic heterocycles. The summed E-state index contributed by atoms with van der Waals surface area (Å²) in [5, 5.41) is 9.81. The van der Waals surface area contributed by atoms with Crippen LogP contribution in [0, 0.1) is 0 Å². The molecule has 0 saturated heterocycles. The zero-order chi connectivity index (χ0) is 13.3. The van der Waals surface area contributed by atoms with Crippen LogP contribution >= 0.6 is 0 Å². The molecule has 0 radical (unpaired) electrons. The van der Waals surface area contributed by atoms with Gasteiger partial charge in [-0.25, -0.2) is 0 Å². The molecule has 0 bridgehead atoms. The Hall–Kier alpha value is -2.06. The standard InChI is InChI=1S/C17H18O2/c18-16(14-19-17-12-5-2-6-13-17)11-7-10-15-8-3-1-4-9-15/h1-10,12-13,16,18H,11,14H2/b10-7+. The third kappa shape index (κ3) is 4.98. The molecule has 0 fully saturated rings. The molecule has 0 spiro atoms. The summed E-state index contributed by atoms with van der Waals surface area (Å²) >= 11 is 0. The molecular weight excluding hydrogens is 236 g/mol. The fourth-order valence-electron chi connectivity index (χ4n) is 1.70. The summed E-state index contributed by atoms with van der Waals surface area (Å²) in [5.74, 6) is 0.786. The first-order valence-electron chi connectivity index (χ1n) is 6.42. The molecule has 19 heavy (non-hydrogen) atoms. The first kappa shape index (κ1) is 13.4. The van der Waals surface area contributed by atoms with E-state index in [4.69, 9.17) is 4.74 Å². The molecule has 2 aromatic rings. The van der Waals surface area contributed by atoms with Gasteiger partial charge in [0.05, 0.1) is 6.10 Å². The van der Waals surface area contributed by atoms with Crippen LogP contribution in [0.1, 0.15) is 12.0 Å². The highest BCUT2D eigenvalue weighted by molar-refractivity contribution is 5.48. The Morgan fingerprint density at radius 3 is 2.26 bits per heavy atom. The van der Waals surface area contributed by atoms with Crippen LogP contribution in [0.4, 0.5) is 0 Å². The average Bonchev–Trinajstić information content (AvgIpc) is 2.47. The van der Waals surface area contributed by atoms with Gasteiger partial charge in [-0.05, 0) is 24.1 Å². The van der Waals surface area contributed by atoms with Gasteiger partial charge in [-0.1, -0.05) is 60.7 Å². The minimum Gasteiger partial charge on any atom is -0.491 e. The topological polar surface area (TPSA) is 29.5 Å². The quantitative estimate of drug-likeness (QED) is 0.854. The smallest absolute Gasteiger partial charge is 0.119 e. The van der Waals surface area contributed by atoms with Crippen molar-refractivity contribution in [2.75, 3.05) is 6.61 Å². The maximum Gasteiger partial charge on any atom is 0.119 e. The zero-order valence-electron chi connectivity index (χ0n) is 10.8. The Balaban J connectivity index is 1.73. The van der Waals surface area contributed by atoms with E-state index in [-0.39, 0.29) is 0 Å². The SMILES string of the molecule is OC(C/C=C/c1ccccc1)COc1ccccc1. The van der Waals surface area contributed by atoms with Crippen molar-refractivity contribution in [2.45, 2.75) is 12.5 Å². The lowest BCUT2D eigenvalue weighted by Crippen LogP contribution is -2.16. The minimum atomic E-state index is -0.486. The fourth-order valence-corrected chi connectivity index (χ4v) is 1.70. The van der Waals surface area contributed by atoms with Crippen molar-refractivity contribution in [3.05, 3.63) is 72.3 Å². The van der Waals surface area contributed by atoms with Gasteiger partial charge in [-0.3, -0.25) is 0 Å². The lowest BCUT2D eigenvalue weighted by molar-refractivity contribution is 0.110. The van der Waals surface area contributed by atoms with Crippen molar-refractivity contribution in [2.24, 2.45) is 0 Å². The molecule has 2 aromatic carbocycles. The van der Waals surface area contributed by atoms with E-state index in [9.17, 15) is 5.11 Å². The molecule has 1 atom stereocenters. The van der Waals surface area contributed by atoms with Gasteiger partial charge in [0.25, 0.3) is 0 Å². The van der Waals surface area contributed by atoms with Crippen LogP contribution in [-0.2, 0) is 0 Å².